The van der Waals surface area contributed by atoms with E-state index in [-0.39, 0.29) is 5.02 Å². The van der Waals surface area contributed by atoms with Crippen LogP contribution in [0.5, 0.6) is 0 Å². The Morgan fingerprint density at radius 1 is 1.15 bits per heavy atom. The monoisotopic (exact) mass is 287 g/mol. The van der Waals surface area contributed by atoms with Gasteiger partial charge >= 0.3 is 0 Å². The molecule has 2 nitrogen and oxygen atoms in total. The second-order valence-electron chi connectivity index (χ2n) is 4.52. The van der Waals surface area contributed by atoms with Crippen LogP contribution >= 0.6 is 11.6 Å². The fraction of sp³-hybridized carbons (Fsp3) is 0.0625. The first-order chi connectivity index (χ1) is 9.66. The second-order valence-corrected chi connectivity index (χ2v) is 4.93. The minimum Gasteiger partial charge on any atom is -0.384 e. The highest BCUT2D eigenvalue weighted by Crippen LogP contribution is 2.29. The standard InChI is InChI=1S/C16H11ClFNO/c17-14-5-4-10(8-15(14)18)16(20)13-3-1-2-11-9-19-7-6-12(11)13/h1-9,16,20H. The Hall–Kier alpha value is -1.97. The van der Waals surface area contributed by atoms with Crippen LogP contribution in [-0.2, 0) is 0 Å². The predicted octanol–water partition coefficient (Wildman–Crippen LogP) is 4.11. The quantitative estimate of drug-likeness (QED) is 0.769. The largest absolute Gasteiger partial charge is 0.384 e. The molecule has 1 N–H and O–H groups in total. The van der Waals surface area contributed by atoms with Gasteiger partial charge in [0.05, 0.1) is 5.02 Å². The molecule has 4 heteroatoms. The van der Waals surface area contributed by atoms with Crippen molar-refractivity contribution in [3.05, 3.63) is 76.8 Å². The molecule has 0 bridgehead atoms. The van der Waals surface area contributed by atoms with E-state index in [4.69, 9.17) is 11.6 Å². The number of aliphatic hydroxyl groups excluding tert-OH is 1. The number of aromatic nitrogens is 1. The molecule has 1 heterocycles. The lowest BCUT2D eigenvalue weighted by Crippen LogP contribution is -2.01. The lowest BCUT2D eigenvalue weighted by atomic mass is 9.97. The van der Waals surface area contributed by atoms with Gasteiger partial charge in [0.2, 0.25) is 0 Å². The Bertz CT molecular complexity index is 770. The van der Waals surface area contributed by atoms with Gasteiger partial charge in [-0.25, -0.2) is 4.39 Å². The Labute approximate surface area is 120 Å². The molecule has 0 aliphatic rings. The Morgan fingerprint density at radius 2 is 2.00 bits per heavy atom. The number of rotatable bonds is 2. The SMILES string of the molecule is OC(c1ccc(Cl)c(F)c1)c1cccc2cnccc12. The predicted molar refractivity (Wildman–Crippen MR) is 77.2 cm³/mol. The highest BCUT2D eigenvalue weighted by Gasteiger charge is 2.15. The van der Waals surface area contributed by atoms with Gasteiger partial charge in [-0.3, -0.25) is 4.98 Å². The van der Waals surface area contributed by atoms with Gasteiger partial charge in [0.1, 0.15) is 11.9 Å². The van der Waals surface area contributed by atoms with Crippen LogP contribution in [-0.4, -0.2) is 10.1 Å². The lowest BCUT2D eigenvalue weighted by molar-refractivity contribution is 0.221. The van der Waals surface area contributed by atoms with Crippen LogP contribution < -0.4 is 0 Å². The zero-order chi connectivity index (χ0) is 14.1. The average Bonchev–Trinajstić information content (AvgIpc) is 2.49. The zero-order valence-electron chi connectivity index (χ0n) is 10.4. The van der Waals surface area contributed by atoms with Crippen molar-refractivity contribution in [3.63, 3.8) is 0 Å². The normalized spacial score (nSPS) is 12.6. The summed E-state index contributed by atoms with van der Waals surface area (Å²) in [7, 11) is 0. The van der Waals surface area contributed by atoms with Gasteiger partial charge in [0, 0.05) is 17.8 Å². The van der Waals surface area contributed by atoms with Crippen molar-refractivity contribution in [2.24, 2.45) is 0 Å². The van der Waals surface area contributed by atoms with E-state index in [0.717, 1.165) is 10.8 Å². The average molecular weight is 288 g/mol. The Morgan fingerprint density at radius 3 is 2.80 bits per heavy atom. The fourth-order valence-electron chi connectivity index (χ4n) is 2.25. The lowest BCUT2D eigenvalue weighted by Gasteiger charge is -2.14. The number of nitrogens with zero attached hydrogens (tertiary/aromatic N) is 1. The van der Waals surface area contributed by atoms with Crippen LogP contribution in [0, 0.1) is 5.82 Å². The molecule has 1 atom stereocenters. The van der Waals surface area contributed by atoms with Gasteiger partial charge in [0.15, 0.2) is 0 Å². The van der Waals surface area contributed by atoms with E-state index in [9.17, 15) is 9.50 Å². The van der Waals surface area contributed by atoms with Crippen molar-refractivity contribution in [1.29, 1.82) is 0 Å². The summed E-state index contributed by atoms with van der Waals surface area (Å²) in [6.45, 7) is 0. The summed E-state index contributed by atoms with van der Waals surface area (Å²) in [4.78, 5) is 4.05. The summed E-state index contributed by atoms with van der Waals surface area (Å²) < 4.78 is 13.5. The molecular formula is C16H11ClFNO. The summed E-state index contributed by atoms with van der Waals surface area (Å²) in [6, 6.07) is 11.7. The maximum atomic E-state index is 13.5. The third-order valence-electron chi connectivity index (χ3n) is 3.27. The van der Waals surface area contributed by atoms with Crippen molar-refractivity contribution in [2.75, 3.05) is 0 Å². The molecule has 3 aromatic rings. The molecular weight excluding hydrogens is 277 g/mol. The molecule has 0 radical (unpaired) electrons. The second kappa shape index (κ2) is 5.19. The molecule has 0 fully saturated rings. The maximum Gasteiger partial charge on any atom is 0.142 e. The zero-order valence-corrected chi connectivity index (χ0v) is 11.2. The van der Waals surface area contributed by atoms with Crippen molar-refractivity contribution in [2.45, 2.75) is 6.10 Å². The topological polar surface area (TPSA) is 33.1 Å². The molecule has 1 unspecified atom stereocenters. The first kappa shape index (κ1) is 13.0. The number of fused-ring (bicyclic) bond motifs is 1. The number of pyridine rings is 1. The summed E-state index contributed by atoms with van der Waals surface area (Å²) in [5.41, 5.74) is 1.18. The molecule has 0 aliphatic carbocycles. The number of benzene rings is 2. The first-order valence-corrected chi connectivity index (χ1v) is 6.50. The molecule has 0 aliphatic heterocycles. The van der Waals surface area contributed by atoms with E-state index in [0.29, 0.717) is 11.1 Å². The van der Waals surface area contributed by atoms with Crippen LogP contribution in [0.1, 0.15) is 17.2 Å². The summed E-state index contributed by atoms with van der Waals surface area (Å²) in [5, 5.41) is 12.3. The molecule has 0 amide bonds. The van der Waals surface area contributed by atoms with Crippen LogP contribution in [0.4, 0.5) is 4.39 Å². The van der Waals surface area contributed by atoms with E-state index >= 15 is 0 Å². The van der Waals surface area contributed by atoms with E-state index < -0.39 is 11.9 Å². The molecule has 3 rings (SSSR count). The fourth-order valence-corrected chi connectivity index (χ4v) is 2.37. The van der Waals surface area contributed by atoms with E-state index in [2.05, 4.69) is 4.98 Å². The Kier molecular flexibility index (Phi) is 3.38. The summed E-state index contributed by atoms with van der Waals surface area (Å²) in [5.74, 6) is -0.537. The van der Waals surface area contributed by atoms with Gasteiger partial charge in [0.25, 0.3) is 0 Å². The highest BCUT2D eigenvalue weighted by molar-refractivity contribution is 6.30. The van der Waals surface area contributed by atoms with Crippen molar-refractivity contribution in [1.82, 2.24) is 4.98 Å². The number of hydrogen-bond donors (Lipinski definition) is 1. The van der Waals surface area contributed by atoms with E-state index in [1.54, 1.807) is 18.5 Å². The van der Waals surface area contributed by atoms with Gasteiger partial charge in [-0.1, -0.05) is 35.9 Å². The smallest absolute Gasteiger partial charge is 0.142 e. The van der Waals surface area contributed by atoms with Gasteiger partial charge in [-0.05, 0) is 34.7 Å². The highest BCUT2D eigenvalue weighted by atomic mass is 35.5. The Balaban J connectivity index is 2.12. The number of halogens is 2. The van der Waals surface area contributed by atoms with Crippen molar-refractivity contribution >= 4 is 22.4 Å². The van der Waals surface area contributed by atoms with Gasteiger partial charge in [-0.2, -0.15) is 0 Å². The van der Waals surface area contributed by atoms with Crippen LogP contribution in [0.15, 0.2) is 54.9 Å². The van der Waals surface area contributed by atoms with E-state index in [1.807, 2.05) is 24.3 Å². The van der Waals surface area contributed by atoms with Gasteiger partial charge < -0.3 is 5.11 Å². The molecule has 0 saturated heterocycles. The molecule has 100 valence electrons. The summed E-state index contributed by atoms with van der Waals surface area (Å²) in [6.07, 6.45) is 2.49. The molecule has 2 aromatic carbocycles. The van der Waals surface area contributed by atoms with Crippen molar-refractivity contribution < 1.29 is 9.50 Å². The van der Waals surface area contributed by atoms with Crippen LogP contribution in [0.3, 0.4) is 0 Å². The minimum absolute atomic E-state index is 0.0445. The van der Waals surface area contributed by atoms with Crippen molar-refractivity contribution in [3.8, 4) is 0 Å². The summed E-state index contributed by atoms with van der Waals surface area (Å²) >= 11 is 5.66. The molecule has 1 aromatic heterocycles. The number of hydrogen-bond acceptors (Lipinski definition) is 2. The van der Waals surface area contributed by atoms with Crippen LogP contribution in [0.25, 0.3) is 10.8 Å². The molecule has 0 spiro atoms. The number of aliphatic hydroxyl groups is 1. The maximum absolute atomic E-state index is 13.5. The van der Waals surface area contributed by atoms with E-state index in [1.165, 1.54) is 12.1 Å². The third kappa shape index (κ3) is 2.26. The van der Waals surface area contributed by atoms with Crippen LogP contribution in [0.2, 0.25) is 5.02 Å². The van der Waals surface area contributed by atoms with Gasteiger partial charge in [-0.15, -0.1) is 0 Å². The molecule has 20 heavy (non-hydrogen) atoms. The molecule has 0 saturated carbocycles. The first-order valence-electron chi connectivity index (χ1n) is 6.12. The minimum atomic E-state index is -0.909. The third-order valence-corrected chi connectivity index (χ3v) is 3.57.